The van der Waals surface area contributed by atoms with Crippen LogP contribution in [0.1, 0.15) is 18.3 Å². The zero-order valence-corrected chi connectivity index (χ0v) is 10.1. The van der Waals surface area contributed by atoms with Crippen molar-refractivity contribution < 1.29 is 0 Å². The molecule has 0 aliphatic carbocycles. The van der Waals surface area contributed by atoms with Gasteiger partial charge in [-0.2, -0.15) is 0 Å². The predicted molar refractivity (Wildman–Crippen MR) is 65.7 cm³/mol. The summed E-state index contributed by atoms with van der Waals surface area (Å²) in [6, 6.07) is 5.99. The van der Waals surface area contributed by atoms with E-state index in [-0.39, 0.29) is 0 Å². The molecule has 1 aromatic heterocycles. The van der Waals surface area contributed by atoms with Crippen molar-refractivity contribution in [2.45, 2.75) is 20.4 Å². The molecule has 0 unspecified atom stereocenters. The average molecular weight is 221 g/mol. The van der Waals surface area contributed by atoms with E-state index in [1.807, 2.05) is 30.0 Å². The lowest BCUT2D eigenvalue weighted by Crippen LogP contribution is -2.44. The normalized spacial score (nSPS) is 11.4. The molecule has 5 heteroatoms. The second-order valence-electron chi connectivity index (χ2n) is 3.48. The summed E-state index contributed by atoms with van der Waals surface area (Å²) in [5.74, 6) is 6.07. The van der Waals surface area contributed by atoms with Crippen LogP contribution in [0.5, 0.6) is 0 Å². The van der Waals surface area contributed by atoms with Crippen molar-refractivity contribution in [3.8, 4) is 0 Å². The van der Waals surface area contributed by atoms with E-state index in [1.54, 1.807) is 7.05 Å². The molecule has 0 fully saturated rings. The number of nitrogens with two attached hydrogens (primary N) is 1. The van der Waals surface area contributed by atoms with E-state index in [4.69, 9.17) is 5.84 Å². The first-order valence-electron chi connectivity index (χ1n) is 5.32. The molecule has 1 rings (SSSR count). The van der Waals surface area contributed by atoms with E-state index in [2.05, 4.69) is 22.3 Å². The smallest absolute Gasteiger partial charge is 0.208 e. The second-order valence-corrected chi connectivity index (χ2v) is 3.48. The van der Waals surface area contributed by atoms with Crippen molar-refractivity contribution in [1.29, 1.82) is 0 Å². The highest BCUT2D eigenvalue weighted by Crippen LogP contribution is 2.03. The molecule has 0 radical (unpaired) electrons. The minimum atomic E-state index is 0.672. The van der Waals surface area contributed by atoms with Gasteiger partial charge < -0.3 is 4.90 Å². The molecule has 0 bridgehead atoms. The molecule has 0 aliphatic heterocycles. The number of aryl methyl sites for hydroxylation is 1. The Labute approximate surface area is 96.4 Å². The van der Waals surface area contributed by atoms with Gasteiger partial charge in [0, 0.05) is 19.3 Å². The molecule has 0 amide bonds. The van der Waals surface area contributed by atoms with Gasteiger partial charge in [-0.1, -0.05) is 6.07 Å². The van der Waals surface area contributed by atoms with Gasteiger partial charge in [0.05, 0.1) is 12.2 Å². The third-order valence-corrected chi connectivity index (χ3v) is 2.32. The van der Waals surface area contributed by atoms with Crippen LogP contribution in [0.3, 0.4) is 0 Å². The second kappa shape index (κ2) is 6.07. The Morgan fingerprint density at radius 1 is 1.56 bits per heavy atom. The number of nitrogens with zero attached hydrogens (tertiary/aromatic N) is 3. The molecule has 5 nitrogen and oxygen atoms in total. The number of hydrogen-bond acceptors (Lipinski definition) is 3. The molecule has 0 atom stereocenters. The first-order chi connectivity index (χ1) is 7.71. The lowest BCUT2D eigenvalue weighted by molar-refractivity contribution is 0.412. The molecule has 0 saturated heterocycles. The number of aromatic nitrogens is 1. The van der Waals surface area contributed by atoms with Gasteiger partial charge >= 0.3 is 0 Å². The number of hydrazine groups is 1. The third kappa shape index (κ3) is 3.20. The maximum Gasteiger partial charge on any atom is 0.208 e. The fourth-order valence-electron chi connectivity index (χ4n) is 1.52. The van der Waals surface area contributed by atoms with Crippen molar-refractivity contribution in [1.82, 2.24) is 15.3 Å². The molecule has 0 aliphatic rings. The van der Waals surface area contributed by atoms with E-state index in [1.165, 1.54) is 0 Å². The van der Waals surface area contributed by atoms with Crippen molar-refractivity contribution >= 4 is 5.96 Å². The molecule has 0 aromatic carbocycles. The number of pyridine rings is 1. The van der Waals surface area contributed by atoms with Gasteiger partial charge in [0.1, 0.15) is 0 Å². The highest BCUT2D eigenvalue weighted by molar-refractivity contribution is 5.79. The van der Waals surface area contributed by atoms with Crippen molar-refractivity contribution in [2.75, 3.05) is 13.6 Å². The van der Waals surface area contributed by atoms with Gasteiger partial charge in [-0.05, 0) is 26.0 Å². The Hall–Kier alpha value is -1.62. The zero-order valence-electron chi connectivity index (χ0n) is 10.1. The van der Waals surface area contributed by atoms with Crippen LogP contribution >= 0.6 is 0 Å². The van der Waals surface area contributed by atoms with E-state index in [0.717, 1.165) is 17.9 Å². The van der Waals surface area contributed by atoms with Crippen LogP contribution in [0, 0.1) is 6.92 Å². The SMILES string of the molecule is CCN(Cc1cccc(C)n1)C(=NC)NN. The van der Waals surface area contributed by atoms with Crippen LogP contribution in [-0.4, -0.2) is 29.4 Å². The highest BCUT2D eigenvalue weighted by Gasteiger charge is 2.08. The zero-order chi connectivity index (χ0) is 12.0. The molecular weight excluding hydrogens is 202 g/mol. The Kier molecular flexibility index (Phi) is 4.72. The van der Waals surface area contributed by atoms with Crippen LogP contribution in [0.25, 0.3) is 0 Å². The largest absolute Gasteiger partial charge is 0.336 e. The molecule has 0 spiro atoms. The molecule has 16 heavy (non-hydrogen) atoms. The van der Waals surface area contributed by atoms with Crippen LogP contribution in [-0.2, 0) is 6.54 Å². The number of hydrogen-bond donors (Lipinski definition) is 2. The summed E-state index contributed by atoms with van der Waals surface area (Å²) in [5, 5.41) is 0. The summed E-state index contributed by atoms with van der Waals surface area (Å²) >= 11 is 0. The standard InChI is InChI=1S/C11H19N5/c1-4-16(11(13-3)15-12)8-10-7-5-6-9(2)14-10/h5-7H,4,8,12H2,1-3H3,(H,13,15). The topological polar surface area (TPSA) is 66.5 Å². The summed E-state index contributed by atoms with van der Waals surface area (Å²) < 4.78 is 0. The highest BCUT2D eigenvalue weighted by atomic mass is 15.4. The number of rotatable bonds is 3. The van der Waals surface area contributed by atoms with Gasteiger partial charge in [-0.15, -0.1) is 0 Å². The fourth-order valence-corrected chi connectivity index (χ4v) is 1.52. The maximum atomic E-state index is 5.40. The van der Waals surface area contributed by atoms with Gasteiger partial charge in [-0.3, -0.25) is 15.4 Å². The quantitative estimate of drug-likeness (QED) is 0.340. The van der Waals surface area contributed by atoms with E-state index in [0.29, 0.717) is 12.5 Å². The van der Waals surface area contributed by atoms with Crippen molar-refractivity contribution in [3.63, 3.8) is 0 Å². The Morgan fingerprint density at radius 2 is 2.31 bits per heavy atom. The summed E-state index contributed by atoms with van der Waals surface area (Å²) in [6.45, 7) is 5.57. The minimum Gasteiger partial charge on any atom is -0.336 e. The average Bonchev–Trinajstić information content (AvgIpc) is 2.29. The Balaban J connectivity index is 2.77. The van der Waals surface area contributed by atoms with Gasteiger partial charge in [0.25, 0.3) is 0 Å². The van der Waals surface area contributed by atoms with E-state index >= 15 is 0 Å². The van der Waals surface area contributed by atoms with Crippen LogP contribution < -0.4 is 11.3 Å². The fraction of sp³-hybridized carbons (Fsp3) is 0.455. The summed E-state index contributed by atoms with van der Waals surface area (Å²) in [5.41, 5.74) is 4.62. The first-order valence-corrected chi connectivity index (χ1v) is 5.32. The minimum absolute atomic E-state index is 0.672. The van der Waals surface area contributed by atoms with Crippen molar-refractivity contribution in [3.05, 3.63) is 29.6 Å². The summed E-state index contributed by atoms with van der Waals surface area (Å²) in [6.07, 6.45) is 0. The lowest BCUT2D eigenvalue weighted by Gasteiger charge is -2.23. The van der Waals surface area contributed by atoms with Gasteiger partial charge in [0.2, 0.25) is 5.96 Å². The maximum absolute atomic E-state index is 5.40. The monoisotopic (exact) mass is 221 g/mol. The number of guanidine groups is 1. The number of nitrogens with one attached hydrogen (secondary N) is 1. The van der Waals surface area contributed by atoms with Crippen LogP contribution in [0.15, 0.2) is 23.2 Å². The molecule has 3 N–H and O–H groups in total. The van der Waals surface area contributed by atoms with E-state index < -0.39 is 0 Å². The van der Waals surface area contributed by atoms with Crippen LogP contribution in [0.4, 0.5) is 0 Å². The summed E-state index contributed by atoms with van der Waals surface area (Å²) in [4.78, 5) is 10.6. The Bertz CT molecular complexity index is 361. The first kappa shape index (κ1) is 12.4. The van der Waals surface area contributed by atoms with Gasteiger partial charge in [-0.25, -0.2) is 5.84 Å². The molecule has 88 valence electrons. The van der Waals surface area contributed by atoms with E-state index in [9.17, 15) is 0 Å². The molecule has 1 aromatic rings. The van der Waals surface area contributed by atoms with Crippen molar-refractivity contribution in [2.24, 2.45) is 10.8 Å². The molecule has 0 saturated carbocycles. The van der Waals surface area contributed by atoms with Crippen LogP contribution in [0.2, 0.25) is 0 Å². The van der Waals surface area contributed by atoms with Gasteiger partial charge in [0.15, 0.2) is 0 Å². The number of aliphatic imine (C=N–C) groups is 1. The predicted octanol–water partition coefficient (Wildman–Crippen LogP) is 0.661. The molecule has 1 heterocycles. The lowest BCUT2D eigenvalue weighted by atomic mass is 10.3. The molecular formula is C11H19N5. The third-order valence-electron chi connectivity index (χ3n) is 2.32. The Morgan fingerprint density at radius 3 is 2.81 bits per heavy atom. The summed E-state index contributed by atoms with van der Waals surface area (Å²) in [7, 11) is 1.71.